The summed E-state index contributed by atoms with van der Waals surface area (Å²) in [5.41, 5.74) is 2.30. The summed E-state index contributed by atoms with van der Waals surface area (Å²) in [4.78, 5) is 4.06. The predicted octanol–water partition coefficient (Wildman–Crippen LogP) is 3.50. The summed E-state index contributed by atoms with van der Waals surface area (Å²) < 4.78 is 0. The Morgan fingerprint density at radius 3 is 2.87 bits per heavy atom. The first-order valence-corrected chi connectivity index (χ1v) is 5.82. The maximum absolute atomic E-state index is 4.06. The van der Waals surface area contributed by atoms with Crippen molar-refractivity contribution in [1.29, 1.82) is 0 Å². The first-order chi connectivity index (χ1) is 7.35. The molecule has 0 N–H and O–H groups in total. The zero-order valence-electron chi connectivity index (χ0n) is 8.47. The van der Waals surface area contributed by atoms with Crippen LogP contribution in [-0.2, 0) is 0 Å². The van der Waals surface area contributed by atoms with Crippen LogP contribution in [0.15, 0.2) is 65.2 Å². The number of hydrogen-bond acceptors (Lipinski definition) is 2. The summed E-state index contributed by atoms with van der Waals surface area (Å²) in [6, 6.07) is 0. The van der Waals surface area contributed by atoms with Crippen molar-refractivity contribution in [1.82, 2.24) is 0 Å². The first-order valence-electron chi connectivity index (χ1n) is 4.88. The lowest BCUT2D eigenvalue weighted by Crippen LogP contribution is -2.13. The monoisotopic (exact) mass is 215 g/mol. The molecule has 0 saturated heterocycles. The summed E-state index contributed by atoms with van der Waals surface area (Å²) in [6.07, 6.45) is 12.0. The Morgan fingerprint density at radius 1 is 1.27 bits per heavy atom. The highest BCUT2D eigenvalue weighted by atomic mass is 32.2. The number of thioether (sulfide) groups is 1. The molecule has 0 bridgehead atoms. The van der Waals surface area contributed by atoms with E-state index < -0.39 is 0 Å². The van der Waals surface area contributed by atoms with Crippen molar-refractivity contribution >= 4 is 18.0 Å². The van der Waals surface area contributed by atoms with Crippen molar-refractivity contribution in [2.24, 2.45) is 10.9 Å². The minimum atomic E-state index is 0.505. The van der Waals surface area contributed by atoms with Gasteiger partial charge >= 0.3 is 0 Å². The molecule has 1 nitrogen and oxygen atoms in total. The molecule has 2 rings (SSSR count). The minimum Gasteiger partial charge on any atom is -0.265 e. The van der Waals surface area contributed by atoms with E-state index in [0.29, 0.717) is 11.2 Å². The Bertz CT molecular complexity index is 399. The SMILES string of the molecule is C=CN=CC1=CC2C=CSC2C=C1C=C. The fourth-order valence-electron chi connectivity index (χ4n) is 1.74. The summed E-state index contributed by atoms with van der Waals surface area (Å²) in [5.74, 6) is 0.505. The van der Waals surface area contributed by atoms with Gasteiger partial charge < -0.3 is 0 Å². The van der Waals surface area contributed by atoms with Gasteiger partial charge in [0.25, 0.3) is 0 Å². The molecule has 0 fully saturated rings. The topological polar surface area (TPSA) is 12.4 Å². The zero-order chi connectivity index (χ0) is 10.7. The van der Waals surface area contributed by atoms with Crippen molar-refractivity contribution in [2.75, 3.05) is 0 Å². The third-order valence-electron chi connectivity index (χ3n) is 2.50. The van der Waals surface area contributed by atoms with Crippen molar-refractivity contribution < 1.29 is 0 Å². The lowest BCUT2D eigenvalue weighted by molar-refractivity contribution is 0.846. The maximum Gasteiger partial charge on any atom is 0.0375 e. The highest BCUT2D eigenvalue weighted by Crippen LogP contribution is 2.37. The molecule has 0 amide bonds. The van der Waals surface area contributed by atoms with Crippen molar-refractivity contribution in [2.45, 2.75) is 5.25 Å². The lowest BCUT2D eigenvalue weighted by Gasteiger charge is -2.19. The lowest BCUT2D eigenvalue weighted by atomic mass is 9.91. The summed E-state index contributed by atoms with van der Waals surface area (Å²) in [6.45, 7) is 7.40. The predicted molar refractivity (Wildman–Crippen MR) is 69.1 cm³/mol. The fourth-order valence-corrected chi connectivity index (χ4v) is 2.77. The summed E-state index contributed by atoms with van der Waals surface area (Å²) in [5, 5.41) is 2.70. The standard InChI is InChI=1S/C13H13NS/c1-3-10-8-13-11(5-6-15-13)7-12(10)9-14-4-2/h3-9,11,13H,1-2H2. The highest BCUT2D eigenvalue weighted by molar-refractivity contribution is 8.03. The molecular formula is C13H13NS. The summed E-state index contributed by atoms with van der Waals surface area (Å²) >= 11 is 1.86. The van der Waals surface area contributed by atoms with Crippen molar-refractivity contribution in [3.8, 4) is 0 Å². The Balaban J connectivity index is 2.30. The number of hydrogen-bond donors (Lipinski definition) is 0. The van der Waals surface area contributed by atoms with Gasteiger partial charge in [-0.1, -0.05) is 37.5 Å². The average Bonchev–Trinajstić information content (AvgIpc) is 2.71. The molecule has 2 unspecified atom stereocenters. The molecule has 2 atom stereocenters. The van der Waals surface area contributed by atoms with Gasteiger partial charge in [0.1, 0.15) is 0 Å². The number of fused-ring (bicyclic) bond motifs is 1. The fraction of sp³-hybridized carbons (Fsp3) is 0.154. The number of nitrogens with zero attached hydrogens (tertiary/aromatic N) is 1. The molecule has 76 valence electrons. The van der Waals surface area contributed by atoms with E-state index in [9.17, 15) is 0 Å². The molecule has 15 heavy (non-hydrogen) atoms. The van der Waals surface area contributed by atoms with Crippen LogP contribution in [0.5, 0.6) is 0 Å². The molecular weight excluding hydrogens is 202 g/mol. The minimum absolute atomic E-state index is 0.505. The van der Waals surface area contributed by atoms with Crippen LogP contribution in [-0.4, -0.2) is 11.5 Å². The maximum atomic E-state index is 4.06. The zero-order valence-corrected chi connectivity index (χ0v) is 9.28. The Labute approximate surface area is 94.7 Å². The third-order valence-corrected chi connectivity index (χ3v) is 3.58. The third kappa shape index (κ3) is 2.05. The van der Waals surface area contributed by atoms with E-state index in [0.717, 1.165) is 11.1 Å². The Morgan fingerprint density at radius 2 is 2.13 bits per heavy atom. The van der Waals surface area contributed by atoms with E-state index in [1.54, 1.807) is 6.20 Å². The van der Waals surface area contributed by atoms with Gasteiger partial charge in [0.15, 0.2) is 0 Å². The molecule has 1 heterocycles. The van der Waals surface area contributed by atoms with E-state index in [4.69, 9.17) is 0 Å². The van der Waals surface area contributed by atoms with E-state index in [1.165, 1.54) is 0 Å². The molecule has 1 aliphatic heterocycles. The molecule has 0 saturated carbocycles. The van der Waals surface area contributed by atoms with E-state index in [-0.39, 0.29) is 0 Å². The van der Waals surface area contributed by atoms with Crippen LogP contribution in [0.2, 0.25) is 0 Å². The number of allylic oxidation sites excluding steroid dienone is 5. The largest absolute Gasteiger partial charge is 0.265 e. The van der Waals surface area contributed by atoms with Gasteiger partial charge in [0, 0.05) is 23.6 Å². The molecule has 0 radical (unpaired) electrons. The van der Waals surface area contributed by atoms with Crippen LogP contribution in [0.25, 0.3) is 0 Å². The van der Waals surface area contributed by atoms with Crippen LogP contribution in [0.3, 0.4) is 0 Å². The molecule has 0 aromatic carbocycles. The van der Waals surface area contributed by atoms with Gasteiger partial charge in [0.05, 0.1) is 0 Å². The quantitative estimate of drug-likeness (QED) is 0.656. The molecule has 0 aromatic heterocycles. The average molecular weight is 215 g/mol. The van der Waals surface area contributed by atoms with Gasteiger partial charge in [-0.15, -0.1) is 11.8 Å². The van der Waals surface area contributed by atoms with Crippen LogP contribution in [0, 0.1) is 5.92 Å². The van der Waals surface area contributed by atoms with Gasteiger partial charge in [-0.2, -0.15) is 0 Å². The Kier molecular flexibility index (Phi) is 3.07. The van der Waals surface area contributed by atoms with Crippen LogP contribution < -0.4 is 0 Å². The second kappa shape index (κ2) is 4.49. The second-order valence-electron chi connectivity index (χ2n) is 3.42. The van der Waals surface area contributed by atoms with Gasteiger partial charge in [-0.05, 0) is 16.6 Å². The normalized spacial score (nSPS) is 28.5. The Hall–Kier alpha value is -1.28. The highest BCUT2D eigenvalue weighted by Gasteiger charge is 2.24. The molecule has 2 aliphatic rings. The van der Waals surface area contributed by atoms with Gasteiger partial charge in [-0.3, -0.25) is 4.99 Å². The smallest absolute Gasteiger partial charge is 0.0375 e. The molecule has 2 heteroatoms. The van der Waals surface area contributed by atoms with Crippen LogP contribution >= 0.6 is 11.8 Å². The molecule has 0 spiro atoms. The van der Waals surface area contributed by atoms with Gasteiger partial charge in [-0.25, -0.2) is 0 Å². The second-order valence-corrected chi connectivity index (χ2v) is 4.50. The number of rotatable bonds is 3. The van der Waals surface area contributed by atoms with E-state index >= 15 is 0 Å². The van der Waals surface area contributed by atoms with E-state index in [1.807, 2.05) is 24.1 Å². The van der Waals surface area contributed by atoms with Gasteiger partial charge in [0.2, 0.25) is 0 Å². The van der Waals surface area contributed by atoms with Crippen LogP contribution in [0.4, 0.5) is 0 Å². The van der Waals surface area contributed by atoms with E-state index in [2.05, 4.69) is 41.8 Å². The number of aliphatic imine (C=N–C) groups is 1. The molecule has 1 aliphatic carbocycles. The van der Waals surface area contributed by atoms with Crippen LogP contribution in [0.1, 0.15) is 0 Å². The molecule has 0 aromatic rings. The van der Waals surface area contributed by atoms with Crippen molar-refractivity contribution in [3.05, 3.63) is 60.2 Å². The van der Waals surface area contributed by atoms with Crippen molar-refractivity contribution in [3.63, 3.8) is 0 Å². The first kappa shape index (κ1) is 10.2. The summed E-state index contributed by atoms with van der Waals surface area (Å²) in [7, 11) is 0.